The van der Waals surface area contributed by atoms with Gasteiger partial charge in [-0.15, -0.1) is 0 Å². The van der Waals surface area contributed by atoms with Crippen LogP contribution in [0.1, 0.15) is 17.7 Å². The first-order chi connectivity index (χ1) is 16.2. The lowest BCUT2D eigenvalue weighted by Gasteiger charge is -2.22. The standard InChI is InChI=1S/C25H27N5O2S/c31-23(29-12-5-11-28(14-15-29)13-10-19-6-2-1-3-7-19)18-27-25(32)21-16-20-17-26-22-8-4-9-24(33-21)30(20)22/h1-4,6-9,16-17H,5,10-15,18H2,(H,27,32). The zero-order valence-corrected chi connectivity index (χ0v) is 19.3. The number of benzene rings is 1. The lowest BCUT2D eigenvalue weighted by atomic mass is 10.1. The number of hydrogen-bond acceptors (Lipinski definition) is 5. The van der Waals surface area contributed by atoms with E-state index in [4.69, 9.17) is 0 Å². The maximum Gasteiger partial charge on any atom is 0.258 e. The van der Waals surface area contributed by atoms with Gasteiger partial charge < -0.3 is 15.1 Å². The Hall–Kier alpha value is -3.10. The smallest absolute Gasteiger partial charge is 0.258 e. The molecule has 1 N–H and O–H groups in total. The Labute approximate surface area is 197 Å². The highest BCUT2D eigenvalue weighted by Crippen LogP contribution is 2.34. The molecule has 33 heavy (non-hydrogen) atoms. The molecule has 1 saturated heterocycles. The van der Waals surface area contributed by atoms with E-state index in [-0.39, 0.29) is 18.4 Å². The lowest BCUT2D eigenvalue weighted by molar-refractivity contribution is -0.132. The quantitative estimate of drug-likeness (QED) is 0.611. The zero-order valence-electron chi connectivity index (χ0n) is 18.4. The zero-order chi connectivity index (χ0) is 22.6. The number of pyridine rings is 1. The van der Waals surface area contributed by atoms with Crippen molar-refractivity contribution in [2.45, 2.75) is 17.9 Å². The van der Waals surface area contributed by atoms with Gasteiger partial charge in [0.2, 0.25) is 5.91 Å². The molecule has 0 aliphatic carbocycles. The van der Waals surface area contributed by atoms with Gasteiger partial charge in [0.25, 0.3) is 5.91 Å². The van der Waals surface area contributed by atoms with Gasteiger partial charge in [0, 0.05) is 26.2 Å². The lowest BCUT2D eigenvalue weighted by Crippen LogP contribution is -2.42. The topological polar surface area (TPSA) is 70.0 Å². The van der Waals surface area contributed by atoms with Crippen LogP contribution in [0.3, 0.4) is 0 Å². The van der Waals surface area contributed by atoms with Crippen LogP contribution in [0, 0.1) is 0 Å². The minimum absolute atomic E-state index is 0.0181. The van der Waals surface area contributed by atoms with E-state index in [1.165, 1.54) is 17.3 Å². The Morgan fingerprint density at radius 1 is 1.00 bits per heavy atom. The van der Waals surface area contributed by atoms with Crippen molar-refractivity contribution in [1.29, 1.82) is 0 Å². The summed E-state index contributed by atoms with van der Waals surface area (Å²) in [5.74, 6) is -0.251. The van der Waals surface area contributed by atoms with Gasteiger partial charge in [-0.1, -0.05) is 48.2 Å². The molecule has 2 aliphatic rings. The van der Waals surface area contributed by atoms with Gasteiger partial charge >= 0.3 is 0 Å². The van der Waals surface area contributed by atoms with Crippen molar-refractivity contribution < 1.29 is 9.59 Å². The summed E-state index contributed by atoms with van der Waals surface area (Å²) < 4.78 is 2.02. The first kappa shape index (κ1) is 21.7. The largest absolute Gasteiger partial charge is 0.343 e. The van der Waals surface area contributed by atoms with Gasteiger partial charge in [-0.05, 0) is 43.2 Å². The molecule has 2 aliphatic heterocycles. The fourth-order valence-corrected chi connectivity index (χ4v) is 5.34. The fraction of sp³-hybridized carbons (Fsp3) is 0.320. The van der Waals surface area contributed by atoms with Crippen molar-refractivity contribution >= 4 is 35.3 Å². The number of amides is 2. The van der Waals surface area contributed by atoms with E-state index in [2.05, 4.69) is 39.5 Å². The molecule has 0 bridgehead atoms. The third-order valence-electron chi connectivity index (χ3n) is 6.14. The van der Waals surface area contributed by atoms with Crippen molar-refractivity contribution in [3.63, 3.8) is 0 Å². The SMILES string of the molecule is O=C(NCC(=O)N1CCCN(CCc2ccccc2)CC1)C1=Cc2cnc3cccc(n23)S1. The minimum atomic E-state index is -0.225. The maximum atomic E-state index is 12.8. The molecule has 5 rings (SSSR count). The van der Waals surface area contributed by atoms with Gasteiger partial charge in [0.15, 0.2) is 0 Å². The van der Waals surface area contributed by atoms with E-state index in [9.17, 15) is 9.59 Å². The molecular weight excluding hydrogens is 434 g/mol. The van der Waals surface area contributed by atoms with Crippen molar-refractivity contribution in [3.8, 4) is 0 Å². The van der Waals surface area contributed by atoms with Gasteiger partial charge in [-0.25, -0.2) is 4.98 Å². The Morgan fingerprint density at radius 2 is 1.88 bits per heavy atom. The second kappa shape index (κ2) is 9.80. The molecule has 2 aromatic heterocycles. The normalized spacial score (nSPS) is 16.4. The molecule has 0 radical (unpaired) electrons. The summed E-state index contributed by atoms with van der Waals surface area (Å²) in [5.41, 5.74) is 3.07. The van der Waals surface area contributed by atoms with Crippen LogP contribution in [-0.2, 0) is 16.0 Å². The van der Waals surface area contributed by atoms with Crippen LogP contribution in [-0.4, -0.2) is 70.3 Å². The summed E-state index contributed by atoms with van der Waals surface area (Å²) in [6.07, 6.45) is 5.56. The number of imidazole rings is 1. The monoisotopic (exact) mass is 461 g/mol. The predicted octanol–water partition coefficient (Wildman–Crippen LogP) is 2.67. The second-order valence-electron chi connectivity index (χ2n) is 8.35. The summed E-state index contributed by atoms with van der Waals surface area (Å²) in [5, 5.41) is 3.77. The fourth-order valence-electron chi connectivity index (χ4n) is 4.33. The first-order valence-electron chi connectivity index (χ1n) is 11.4. The van der Waals surface area contributed by atoms with Crippen LogP contribution >= 0.6 is 11.8 Å². The van der Waals surface area contributed by atoms with Gasteiger partial charge in [0.05, 0.1) is 28.4 Å². The molecule has 0 atom stereocenters. The molecule has 1 aromatic carbocycles. The van der Waals surface area contributed by atoms with E-state index in [0.717, 1.165) is 55.4 Å². The molecular formula is C25H27N5O2S. The highest BCUT2D eigenvalue weighted by atomic mass is 32.2. The van der Waals surface area contributed by atoms with Crippen molar-refractivity contribution in [2.24, 2.45) is 0 Å². The van der Waals surface area contributed by atoms with Crippen LogP contribution in [0.4, 0.5) is 0 Å². The van der Waals surface area contributed by atoms with E-state index < -0.39 is 0 Å². The third kappa shape index (κ3) is 4.96. The molecule has 4 heterocycles. The minimum Gasteiger partial charge on any atom is -0.343 e. The van der Waals surface area contributed by atoms with E-state index in [1.807, 2.05) is 39.6 Å². The second-order valence-corrected chi connectivity index (χ2v) is 9.41. The highest BCUT2D eigenvalue weighted by Gasteiger charge is 2.23. The van der Waals surface area contributed by atoms with Gasteiger partial charge in [0.1, 0.15) is 5.65 Å². The van der Waals surface area contributed by atoms with Crippen LogP contribution in [0.2, 0.25) is 0 Å². The number of carbonyl (C=O) groups excluding carboxylic acids is 2. The predicted molar refractivity (Wildman–Crippen MR) is 130 cm³/mol. The van der Waals surface area contributed by atoms with E-state index in [1.54, 1.807) is 6.20 Å². The van der Waals surface area contributed by atoms with Crippen LogP contribution in [0.15, 0.2) is 64.7 Å². The average Bonchev–Trinajstić information content (AvgIpc) is 3.12. The first-order valence-corrected chi connectivity index (χ1v) is 12.2. The van der Waals surface area contributed by atoms with Crippen molar-refractivity contribution in [1.82, 2.24) is 24.5 Å². The molecule has 0 spiro atoms. The van der Waals surface area contributed by atoms with Crippen LogP contribution in [0.25, 0.3) is 11.7 Å². The Bertz CT molecular complexity index is 1190. The molecule has 1 fully saturated rings. The Kier molecular flexibility index (Phi) is 6.46. The molecule has 0 saturated carbocycles. The van der Waals surface area contributed by atoms with Gasteiger partial charge in [-0.2, -0.15) is 0 Å². The van der Waals surface area contributed by atoms with Crippen molar-refractivity contribution in [3.05, 3.63) is 70.9 Å². The molecule has 7 nitrogen and oxygen atoms in total. The molecule has 3 aromatic rings. The third-order valence-corrected chi connectivity index (χ3v) is 7.19. The number of nitrogens with one attached hydrogen (secondary N) is 1. The number of nitrogens with zero attached hydrogens (tertiary/aromatic N) is 4. The van der Waals surface area contributed by atoms with Crippen molar-refractivity contribution in [2.75, 3.05) is 39.3 Å². The molecule has 8 heteroatoms. The average molecular weight is 462 g/mol. The number of thioether (sulfide) groups is 1. The summed E-state index contributed by atoms with van der Waals surface area (Å²) in [6.45, 7) is 4.30. The summed E-state index contributed by atoms with van der Waals surface area (Å²) in [4.78, 5) is 34.8. The molecule has 0 unspecified atom stereocenters. The van der Waals surface area contributed by atoms with E-state index >= 15 is 0 Å². The number of hydrogen-bond donors (Lipinski definition) is 1. The number of carbonyl (C=O) groups is 2. The summed E-state index contributed by atoms with van der Waals surface area (Å²) >= 11 is 1.40. The van der Waals surface area contributed by atoms with Gasteiger partial charge in [-0.3, -0.25) is 14.0 Å². The van der Waals surface area contributed by atoms with E-state index in [0.29, 0.717) is 11.4 Å². The maximum absolute atomic E-state index is 12.8. The highest BCUT2D eigenvalue weighted by molar-refractivity contribution is 8.04. The Balaban J connectivity index is 1.11. The van der Waals surface area contributed by atoms with Crippen LogP contribution < -0.4 is 5.32 Å². The summed E-state index contributed by atoms with van der Waals surface area (Å²) in [7, 11) is 0. The molecule has 2 amide bonds. The van der Waals surface area contributed by atoms with Crippen LogP contribution in [0.5, 0.6) is 0 Å². The molecule has 170 valence electrons. The number of rotatable bonds is 6. The summed E-state index contributed by atoms with van der Waals surface area (Å²) in [6, 6.07) is 16.3. The number of aromatic nitrogens is 2. The Morgan fingerprint density at radius 3 is 2.76 bits per heavy atom.